The average molecular weight is 651 g/mol. The van der Waals surface area contributed by atoms with E-state index in [-0.39, 0.29) is 35.9 Å². The van der Waals surface area contributed by atoms with E-state index in [4.69, 9.17) is 37.7 Å². The number of anilines is 2. The van der Waals surface area contributed by atoms with Crippen LogP contribution in [0.2, 0.25) is 10.0 Å². The SMILES string of the molecule is CCOC(=O)c1sc(N2CC[C@@H](CC(=O)c3[nH]c(C)c(Cl)c3Cl)[C@@H](OCC)C2)nc1-c1cnc(N2CCN[C@H](C)C2)cn1. The maximum atomic E-state index is 13.2. The lowest BCUT2D eigenvalue weighted by molar-refractivity contribution is 0.0103. The van der Waals surface area contributed by atoms with Crippen LogP contribution in [0.1, 0.15) is 59.5 Å². The minimum Gasteiger partial charge on any atom is -0.462 e. The number of nitrogens with one attached hydrogen (secondary N) is 2. The van der Waals surface area contributed by atoms with Crippen molar-refractivity contribution in [3.05, 3.63) is 38.7 Å². The first kappa shape index (κ1) is 31.6. The van der Waals surface area contributed by atoms with Gasteiger partial charge >= 0.3 is 5.97 Å². The number of hydrogen-bond acceptors (Lipinski definition) is 11. The summed E-state index contributed by atoms with van der Waals surface area (Å²) < 4.78 is 11.5. The van der Waals surface area contributed by atoms with E-state index in [2.05, 4.69) is 37.0 Å². The largest absolute Gasteiger partial charge is 0.462 e. The Morgan fingerprint density at radius 1 is 1.09 bits per heavy atom. The van der Waals surface area contributed by atoms with Crippen molar-refractivity contribution in [1.29, 1.82) is 0 Å². The summed E-state index contributed by atoms with van der Waals surface area (Å²) in [5, 5.41) is 4.73. The molecule has 0 radical (unpaired) electrons. The van der Waals surface area contributed by atoms with Crippen LogP contribution in [0.15, 0.2) is 12.4 Å². The van der Waals surface area contributed by atoms with Gasteiger partial charge in [0.05, 0.1) is 35.1 Å². The number of carbonyl (C=O) groups excluding carboxylic acids is 2. The van der Waals surface area contributed by atoms with Gasteiger partial charge in [0.2, 0.25) is 0 Å². The van der Waals surface area contributed by atoms with Gasteiger partial charge in [-0.15, -0.1) is 0 Å². The summed E-state index contributed by atoms with van der Waals surface area (Å²) >= 11 is 13.8. The van der Waals surface area contributed by atoms with Gasteiger partial charge in [-0.2, -0.15) is 0 Å². The topological polar surface area (TPSA) is 126 Å². The molecule has 2 aliphatic rings. The smallest absolute Gasteiger partial charge is 0.350 e. The van der Waals surface area contributed by atoms with Crippen LogP contribution < -0.4 is 15.1 Å². The molecule has 0 aromatic carbocycles. The molecule has 3 aromatic heterocycles. The predicted octanol–water partition coefficient (Wildman–Crippen LogP) is 5.02. The molecular formula is C29H37Cl2N7O4S. The molecule has 0 spiro atoms. The molecule has 0 saturated carbocycles. The number of hydrogen-bond donors (Lipinski definition) is 2. The van der Waals surface area contributed by atoms with Crippen LogP contribution in [-0.4, -0.2) is 89.8 Å². The van der Waals surface area contributed by atoms with Gasteiger partial charge in [-0.05, 0) is 40.0 Å². The van der Waals surface area contributed by atoms with Crippen LogP contribution in [0.3, 0.4) is 0 Å². The number of aryl methyl sites for hydroxylation is 1. The van der Waals surface area contributed by atoms with E-state index >= 15 is 0 Å². The first-order valence-electron chi connectivity index (χ1n) is 14.6. The zero-order valence-electron chi connectivity index (χ0n) is 24.8. The third kappa shape index (κ3) is 6.99. The molecule has 2 N–H and O–H groups in total. The lowest BCUT2D eigenvalue weighted by Gasteiger charge is -2.38. The third-order valence-corrected chi connectivity index (χ3v) is 9.82. The zero-order chi connectivity index (χ0) is 30.7. The molecular weight excluding hydrogens is 613 g/mol. The van der Waals surface area contributed by atoms with E-state index in [9.17, 15) is 9.59 Å². The molecule has 0 aliphatic carbocycles. The first-order valence-corrected chi connectivity index (χ1v) is 16.2. The van der Waals surface area contributed by atoms with Gasteiger partial charge in [0.25, 0.3) is 0 Å². The van der Waals surface area contributed by atoms with Crippen LogP contribution in [-0.2, 0) is 9.47 Å². The molecule has 14 heteroatoms. The molecule has 232 valence electrons. The number of piperazine rings is 1. The Morgan fingerprint density at radius 2 is 1.91 bits per heavy atom. The maximum absolute atomic E-state index is 13.2. The van der Waals surface area contributed by atoms with Gasteiger partial charge in [-0.3, -0.25) is 4.79 Å². The van der Waals surface area contributed by atoms with Gasteiger partial charge in [0.15, 0.2) is 10.9 Å². The van der Waals surface area contributed by atoms with Crippen molar-refractivity contribution in [2.75, 3.05) is 55.7 Å². The monoisotopic (exact) mass is 649 g/mol. The molecule has 2 saturated heterocycles. The second kappa shape index (κ2) is 13.9. The highest BCUT2D eigenvalue weighted by atomic mass is 35.5. The summed E-state index contributed by atoms with van der Waals surface area (Å²) in [4.78, 5) is 48.0. The number of ketones is 1. The summed E-state index contributed by atoms with van der Waals surface area (Å²) in [6, 6.07) is 0.364. The Bertz CT molecular complexity index is 1450. The number of nitrogens with zero attached hydrogens (tertiary/aromatic N) is 5. The summed E-state index contributed by atoms with van der Waals surface area (Å²) in [6.45, 7) is 12.1. The van der Waals surface area contributed by atoms with Crippen molar-refractivity contribution >= 4 is 57.2 Å². The van der Waals surface area contributed by atoms with Crippen molar-refractivity contribution in [1.82, 2.24) is 25.3 Å². The number of Topliss-reactive ketones (excluding diaryl/α,β-unsaturated/α-hetero) is 1. The zero-order valence-corrected chi connectivity index (χ0v) is 27.1. The molecule has 11 nitrogen and oxygen atoms in total. The van der Waals surface area contributed by atoms with E-state index in [1.165, 1.54) is 11.3 Å². The number of ether oxygens (including phenoxy) is 2. The molecule has 0 amide bonds. The third-order valence-electron chi connectivity index (χ3n) is 7.78. The molecule has 43 heavy (non-hydrogen) atoms. The quantitative estimate of drug-likeness (QED) is 0.228. The highest BCUT2D eigenvalue weighted by molar-refractivity contribution is 7.17. The fourth-order valence-corrected chi connectivity index (χ4v) is 7.02. The normalized spacial score (nSPS) is 20.8. The van der Waals surface area contributed by atoms with E-state index < -0.39 is 5.97 Å². The van der Waals surface area contributed by atoms with Gasteiger partial charge in [-0.25, -0.2) is 19.7 Å². The number of rotatable bonds is 10. The fraction of sp³-hybridized carbons (Fsp3) is 0.552. The minimum absolute atomic E-state index is 0.0165. The standard InChI is InChI=1S/C29H37Cl2N7O4S/c1-5-41-21-15-38(9-7-18(21)11-20(39)26-24(31)23(30)17(4)35-26)29-36-25(27(43-29)28(40)42-6-2)19-12-34-22(13-33-19)37-10-8-32-16(3)14-37/h12-13,16,18,21,32,35H,5-11,14-15H2,1-4H3/t16-,18+,21+/m1/s1. The predicted molar refractivity (Wildman–Crippen MR) is 169 cm³/mol. The van der Waals surface area contributed by atoms with Crippen LogP contribution in [0.4, 0.5) is 10.9 Å². The number of halogens is 2. The lowest BCUT2D eigenvalue weighted by Crippen LogP contribution is -2.49. The second-order valence-corrected chi connectivity index (χ2v) is 12.6. The van der Waals surface area contributed by atoms with Crippen molar-refractivity contribution in [2.45, 2.75) is 52.7 Å². The number of carbonyl (C=O) groups is 2. The second-order valence-electron chi connectivity index (χ2n) is 10.8. The van der Waals surface area contributed by atoms with E-state index in [1.807, 2.05) is 6.92 Å². The van der Waals surface area contributed by atoms with Crippen LogP contribution in [0, 0.1) is 12.8 Å². The van der Waals surface area contributed by atoms with E-state index in [1.54, 1.807) is 26.2 Å². The molecule has 3 aromatic rings. The van der Waals surface area contributed by atoms with Gasteiger partial charge < -0.3 is 29.6 Å². The minimum atomic E-state index is -0.443. The molecule has 2 aliphatic heterocycles. The van der Waals surface area contributed by atoms with Gasteiger partial charge in [0.1, 0.15) is 27.8 Å². The van der Waals surface area contributed by atoms with Crippen molar-refractivity contribution < 1.29 is 19.1 Å². The number of esters is 1. The Kier molecular flexibility index (Phi) is 10.2. The Morgan fingerprint density at radius 3 is 2.56 bits per heavy atom. The van der Waals surface area contributed by atoms with Crippen molar-refractivity contribution in [3.8, 4) is 11.4 Å². The van der Waals surface area contributed by atoms with Crippen LogP contribution in [0.5, 0.6) is 0 Å². The van der Waals surface area contributed by atoms with Crippen molar-refractivity contribution in [2.24, 2.45) is 5.92 Å². The molecule has 5 rings (SSSR count). The number of H-pyrrole nitrogens is 1. The lowest BCUT2D eigenvalue weighted by atomic mass is 9.88. The van der Waals surface area contributed by atoms with Gasteiger partial charge in [-0.1, -0.05) is 34.5 Å². The molecule has 0 bridgehead atoms. The van der Waals surface area contributed by atoms with Crippen LogP contribution in [0.25, 0.3) is 11.4 Å². The fourth-order valence-electron chi connectivity index (χ4n) is 5.58. The Balaban J connectivity index is 1.35. The molecule has 2 fully saturated rings. The molecule has 0 unspecified atom stereocenters. The highest BCUT2D eigenvalue weighted by Crippen LogP contribution is 2.37. The van der Waals surface area contributed by atoms with E-state index in [0.29, 0.717) is 70.0 Å². The molecule has 3 atom stereocenters. The van der Waals surface area contributed by atoms with E-state index in [0.717, 1.165) is 25.5 Å². The number of piperidine rings is 1. The number of aromatic amines is 1. The summed E-state index contributed by atoms with van der Waals surface area (Å²) in [6.07, 6.45) is 4.17. The first-order chi connectivity index (χ1) is 20.7. The summed E-state index contributed by atoms with van der Waals surface area (Å²) in [5.41, 5.74) is 1.96. The van der Waals surface area contributed by atoms with Crippen molar-refractivity contribution in [3.63, 3.8) is 0 Å². The highest BCUT2D eigenvalue weighted by Gasteiger charge is 2.35. The van der Waals surface area contributed by atoms with Gasteiger partial charge in [0, 0.05) is 57.5 Å². The number of thiazole rings is 1. The maximum Gasteiger partial charge on any atom is 0.350 e. The Labute approximate surface area is 265 Å². The average Bonchev–Trinajstić information content (AvgIpc) is 3.56. The van der Waals surface area contributed by atoms with Crippen LogP contribution >= 0.6 is 34.5 Å². The summed E-state index contributed by atoms with van der Waals surface area (Å²) in [5.74, 6) is 0.236. The Hall–Kier alpha value is -2.77. The summed E-state index contributed by atoms with van der Waals surface area (Å²) in [7, 11) is 0. The number of aromatic nitrogens is 4. The molecule has 5 heterocycles.